The summed E-state index contributed by atoms with van der Waals surface area (Å²) in [7, 11) is 2.02. The quantitative estimate of drug-likeness (QED) is 0.709. The van der Waals surface area contributed by atoms with Crippen LogP contribution in [0.2, 0.25) is 0 Å². The first-order valence-corrected chi connectivity index (χ1v) is 8.35. The summed E-state index contributed by atoms with van der Waals surface area (Å²) in [5, 5.41) is 16.2. The first-order chi connectivity index (χ1) is 12.5. The molecule has 0 radical (unpaired) electrons. The van der Waals surface area contributed by atoms with Gasteiger partial charge in [-0.15, -0.1) is 15.3 Å². The van der Waals surface area contributed by atoms with E-state index in [-0.39, 0.29) is 23.9 Å². The lowest BCUT2D eigenvalue weighted by Gasteiger charge is -2.32. The number of likely N-dealkylation sites (N-methyl/N-ethyl adjacent to an activating group) is 1. The minimum absolute atomic E-state index is 0.0891. The van der Waals surface area contributed by atoms with Gasteiger partial charge in [0.1, 0.15) is 11.9 Å². The summed E-state index contributed by atoms with van der Waals surface area (Å²) < 4.78 is 26.7. The Labute approximate surface area is 149 Å². The number of benzene rings is 1. The second-order valence-corrected chi connectivity index (χ2v) is 6.64. The van der Waals surface area contributed by atoms with E-state index in [0.717, 1.165) is 12.1 Å². The second kappa shape index (κ2) is 6.58. The SMILES string of the molecule is Cc1cc(F)cc(-n2cc(-c3nnc([C@H]4CN(C)C[C@@H](C)O4)o3)nn2)c1. The van der Waals surface area contributed by atoms with E-state index in [4.69, 9.17) is 9.15 Å². The molecular formula is C17H19FN6O2. The molecule has 26 heavy (non-hydrogen) atoms. The zero-order chi connectivity index (χ0) is 18.3. The predicted octanol–water partition coefficient (Wildman–Crippen LogP) is 2.16. The lowest BCUT2D eigenvalue weighted by atomic mass is 10.2. The van der Waals surface area contributed by atoms with Gasteiger partial charge < -0.3 is 14.1 Å². The topological polar surface area (TPSA) is 82.1 Å². The number of morpholine rings is 1. The maximum absolute atomic E-state index is 13.6. The van der Waals surface area contributed by atoms with E-state index < -0.39 is 0 Å². The van der Waals surface area contributed by atoms with E-state index in [2.05, 4.69) is 25.4 Å². The lowest BCUT2D eigenvalue weighted by Crippen LogP contribution is -2.40. The average molecular weight is 358 g/mol. The third-order valence-electron chi connectivity index (χ3n) is 4.16. The number of ether oxygens (including phenoxy) is 1. The van der Waals surface area contributed by atoms with Crippen LogP contribution in [-0.4, -0.2) is 56.3 Å². The Morgan fingerprint density at radius 1 is 1.15 bits per heavy atom. The Morgan fingerprint density at radius 2 is 2.00 bits per heavy atom. The average Bonchev–Trinajstić information content (AvgIpc) is 3.22. The molecule has 1 aliphatic heterocycles. The van der Waals surface area contributed by atoms with Crippen LogP contribution in [0.25, 0.3) is 17.3 Å². The molecule has 1 fully saturated rings. The first kappa shape index (κ1) is 16.8. The fourth-order valence-electron chi connectivity index (χ4n) is 3.10. The summed E-state index contributed by atoms with van der Waals surface area (Å²) in [4.78, 5) is 2.16. The minimum Gasteiger partial charge on any atom is -0.416 e. The van der Waals surface area contributed by atoms with Crippen LogP contribution in [-0.2, 0) is 4.74 Å². The van der Waals surface area contributed by atoms with Crippen molar-refractivity contribution < 1.29 is 13.5 Å². The van der Waals surface area contributed by atoms with E-state index in [1.54, 1.807) is 6.20 Å². The van der Waals surface area contributed by atoms with E-state index in [0.29, 0.717) is 23.8 Å². The summed E-state index contributed by atoms with van der Waals surface area (Å²) in [6, 6.07) is 4.65. The molecule has 0 N–H and O–H groups in total. The van der Waals surface area contributed by atoms with Gasteiger partial charge in [0.25, 0.3) is 5.89 Å². The van der Waals surface area contributed by atoms with Gasteiger partial charge in [-0.1, -0.05) is 5.21 Å². The maximum atomic E-state index is 13.6. The molecule has 2 aromatic heterocycles. The molecule has 2 atom stereocenters. The molecule has 3 heterocycles. The number of aryl methyl sites for hydroxylation is 1. The molecule has 9 heteroatoms. The van der Waals surface area contributed by atoms with Crippen molar-refractivity contribution in [3.63, 3.8) is 0 Å². The van der Waals surface area contributed by atoms with E-state index in [1.165, 1.54) is 16.8 Å². The van der Waals surface area contributed by atoms with Crippen molar-refractivity contribution >= 4 is 0 Å². The lowest BCUT2D eigenvalue weighted by molar-refractivity contribution is -0.0821. The molecule has 0 saturated carbocycles. The molecule has 1 saturated heterocycles. The van der Waals surface area contributed by atoms with Gasteiger partial charge >= 0.3 is 0 Å². The normalized spacial score (nSPS) is 21.2. The highest BCUT2D eigenvalue weighted by Gasteiger charge is 2.29. The van der Waals surface area contributed by atoms with Crippen molar-refractivity contribution in [2.75, 3.05) is 20.1 Å². The summed E-state index contributed by atoms with van der Waals surface area (Å²) >= 11 is 0. The van der Waals surface area contributed by atoms with Crippen LogP contribution in [0.4, 0.5) is 4.39 Å². The molecule has 4 rings (SSSR count). The van der Waals surface area contributed by atoms with E-state index >= 15 is 0 Å². The Hall–Kier alpha value is -2.65. The second-order valence-electron chi connectivity index (χ2n) is 6.64. The Kier molecular flexibility index (Phi) is 4.25. The van der Waals surface area contributed by atoms with Crippen LogP contribution in [0.15, 0.2) is 28.8 Å². The van der Waals surface area contributed by atoms with Crippen LogP contribution in [0.5, 0.6) is 0 Å². The van der Waals surface area contributed by atoms with Crippen LogP contribution in [0.1, 0.15) is 24.5 Å². The number of nitrogens with zero attached hydrogens (tertiary/aromatic N) is 6. The fraction of sp³-hybridized carbons (Fsp3) is 0.412. The number of rotatable bonds is 3. The Balaban J connectivity index is 1.58. The third kappa shape index (κ3) is 3.35. The van der Waals surface area contributed by atoms with Gasteiger partial charge in [0.2, 0.25) is 5.89 Å². The summed E-state index contributed by atoms with van der Waals surface area (Å²) in [5.41, 5.74) is 1.79. The molecule has 0 aliphatic carbocycles. The van der Waals surface area contributed by atoms with Crippen LogP contribution in [0, 0.1) is 12.7 Å². The molecule has 0 amide bonds. The molecule has 136 valence electrons. The monoisotopic (exact) mass is 358 g/mol. The van der Waals surface area contributed by atoms with Crippen molar-refractivity contribution in [1.29, 1.82) is 0 Å². The zero-order valence-electron chi connectivity index (χ0n) is 14.8. The van der Waals surface area contributed by atoms with Gasteiger partial charge in [0.05, 0.1) is 18.0 Å². The van der Waals surface area contributed by atoms with Gasteiger partial charge in [-0.2, -0.15) is 0 Å². The molecule has 1 aliphatic rings. The number of hydrogen-bond acceptors (Lipinski definition) is 7. The van der Waals surface area contributed by atoms with Crippen LogP contribution < -0.4 is 0 Å². The highest BCUT2D eigenvalue weighted by molar-refractivity contribution is 5.45. The van der Waals surface area contributed by atoms with Crippen molar-refractivity contribution in [2.45, 2.75) is 26.1 Å². The number of aromatic nitrogens is 5. The number of halogens is 1. The molecule has 8 nitrogen and oxygen atoms in total. The van der Waals surface area contributed by atoms with E-state index in [9.17, 15) is 4.39 Å². The van der Waals surface area contributed by atoms with Crippen LogP contribution in [0.3, 0.4) is 0 Å². The predicted molar refractivity (Wildman–Crippen MR) is 90.1 cm³/mol. The summed E-state index contributed by atoms with van der Waals surface area (Å²) in [6.07, 6.45) is 1.44. The largest absolute Gasteiger partial charge is 0.416 e. The van der Waals surface area contributed by atoms with Gasteiger partial charge in [-0.05, 0) is 44.7 Å². The Morgan fingerprint density at radius 3 is 2.77 bits per heavy atom. The standard InChI is InChI=1S/C17H19FN6O2/c1-10-4-12(18)6-13(5-10)24-8-14(19-22-24)16-20-21-17(26-16)15-9-23(3)7-11(2)25-15/h4-6,8,11,15H,7,9H2,1-3H3/t11-,15-/m1/s1. The van der Waals surface area contributed by atoms with Crippen molar-refractivity contribution in [1.82, 2.24) is 30.1 Å². The fourth-order valence-corrected chi connectivity index (χ4v) is 3.10. The van der Waals surface area contributed by atoms with Crippen molar-refractivity contribution in [3.8, 4) is 17.3 Å². The van der Waals surface area contributed by atoms with Gasteiger partial charge in [0.15, 0.2) is 5.69 Å². The molecule has 0 spiro atoms. The third-order valence-corrected chi connectivity index (χ3v) is 4.16. The van der Waals surface area contributed by atoms with Gasteiger partial charge in [0, 0.05) is 13.1 Å². The smallest absolute Gasteiger partial charge is 0.269 e. The summed E-state index contributed by atoms with van der Waals surface area (Å²) in [6.45, 7) is 5.36. The maximum Gasteiger partial charge on any atom is 0.269 e. The number of hydrogen-bond donors (Lipinski definition) is 0. The van der Waals surface area contributed by atoms with Gasteiger partial charge in [-0.25, -0.2) is 9.07 Å². The van der Waals surface area contributed by atoms with Gasteiger partial charge in [-0.3, -0.25) is 0 Å². The van der Waals surface area contributed by atoms with E-state index in [1.807, 2.05) is 27.0 Å². The molecule has 1 aromatic carbocycles. The molecular weight excluding hydrogens is 339 g/mol. The highest BCUT2D eigenvalue weighted by Crippen LogP contribution is 2.26. The summed E-state index contributed by atoms with van der Waals surface area (Å²) in [5.74, 6) is 0.336. The molecule has 0 bridgehead atoms. The minimum atomic E-state index is -0.329. The molecule has 0 unspecified atom stereocenters. The Bertz CT molecular complexity index is 893. The van der Waals surface area contributed by atoms with Crippen molar-refractivity contribution in [2.24, 2.45) is 0 Å². The zero-order valence-corrected chi connectivity index (χ0v) is 14.8. The highest BCUT2D eigenvalue weighted by atomic mass is 19.1. The first-order valence-electron chi connectivity index (χ1n) is 8.35. The van der Waals surface area contributed by atoms with Crippen molar-refractivity contribution in [3.05, 3.63) is 41.7 Å². The molecule has 3 aromatic rings. The van der Waals surface area contributed by atoms with Crippen LogP contribution >= 0.6 is 0 Å².